The standard InChI is InChI=1S/C26H26Cl6N2O3S/c1-2-14(12-38-20-5-3-4-8-37-20)33-24(35)16-11-15(6-7-17(16)27)34-25(36)22-21(26(22,31)32)13-9-18(28)23(30)19(29)10-13/h6-7,9-11,14,20-22H,2-5,8,12H2,1H3,(H,33,35)(H,34,36). The largest absolute Gasteiger partial charge is 0.368 e. The van der Waals surface area contributed by atoms with E-state index in [0.717, 1.165) is 38.0 Å². The van der Waals surface area contributed by atoms with Crippen molar-refractivity contribution in [2.45, 2.75) is 54.3 Å². The Morgan fingerprint density at radius 3 is 2.42 bits per heavy atom. The van der Waals surface area contributed by atoms with Crippen LogP contribution in [0.4, 0.5) is 5.69 Å². The van der Waals surface area contributed by atoms with E-state index in [0.29, 0.717) is 11.3 Å². The Kier molecular flexibility index (Phi) is 10.4. The second-order valence-electron chi connectivity index (χ2n) is 9.32. The smallest absolute Gasteiger partial charge is 0.253 e. The lowest BCUT2D eigenvalue weighted by molar-refractivity contribution is -0.117. The van der Waals surface area contributed by atoms with Gasteiger partial charge in [-0.15, -0.1) is 35.0 Å². The third-order valence-electron chi connectivity index (χ3n) is 6.63. The maximum Gasteiger partial charge on any atom is 0.253 e. The summed E-state index contributed by atoms with van der Waals surface area (Å²) in [5.74, 6) is -1.30. The summed E-state index contributed by atoms with van der Waals surface area (Å²) in [4.78, 5) is 26.2. The number of nitrogens with one attached hydrogen (secondary N) is 2. The van der Waals surface area contributed by atoms with E-state index in [9.17, 15) is 9.59 Å². The van der Waals surface area contributed by atoms with Gasteiger partial charge in [0.1, 0.15) is 9.77 Å². The molecule has 1 saturated carbocycles. The minimum absolute atomic E-state index is 0.0503. The monoisotopic (exact) mass is 656 g/mol. The average Bonchev–Trinajstić information content (AvgIpc) is 3.48. The number of benzene rings is 2. The molecule has 2 aromatic carbocycles. The van der Waals surface area contributed by atoms with Crippen LogP contribution in [-0.2, 0) is 9.53 Å². The molecular formula is C26H26Cl6N2O3S. The normalized spacial score (nSPS) is 23.0. The quantitative estimate of drug-likeness (QED) is 0.209. The third kappa shape index (κ3) is 7.01. The molecule has 0 bridgehead atoms. The summed E-state index contributed by atoms with van der Waals surface area (Å²) < 4.78 is 4.42. The zero-order valence-electron chi connectivity index (χ0n) is 20.3. The van der Waals surface area contributed by atoms with Gasteiger partial charge < -0.3 is 15.4 Å². The minimum Gasteiger partial charge on any atom is -0.368 e. The number of anilines is 1. The van der Waals surface area contributed by atoms with Gasteiger partial charge in [0.2, 0.25) is 5.91 Å². The predicted molar refractivity (Wildman–Crippen MR) is 160 cm³/mol. The summed E-state index contributed by atoms with van der Waals surface area (Å²) in [6.07, 6.45) is 4.04. The summed E-state index contributed by atoms with van der Waals surface area (Å²) in [5.41, 5.74) is 1.42. The highest BCUT2D eigenvalue weighted by atomic mass is 35.5. The van der Waals surface area contributed by atoms with Crippen LogP contribution in [0.15, 0.2) is 30.3 Å². The molecule has 38 heavy (non-hydrogen) atoms. The van der Waals surface area contributed by atoms with Gasteiger partial charge >= 0.3 is 0 Å². The predicted octanol–water partition coefficient (Wildman–Crippen LogP) is 8.59. The number of ether oxygens (including phenoxy) is 1. The Balaban J connectivity index is 1.41. The molecule has 4 atom stereocenters. The van der Waals surface area contributed by atoms with E-state index in [1.54, 1.807) is 36.0 Å². The van der Waals surface area contributed by atoms with Crippen molar-refractivity contribution in [1.82, 2.24) is 5.32 Å². The summed E-state index contributed by atoms with van der Waals surface area (Å²) >= 11 is 39.3. The van der Waals surface area contributed by atoms with Gasteiger partial charge in [0.05, 0.1) is 31.6 Å². The van der Waals surface area contributed by atoms with Gasteiger partial charge in [-0.2, -0.15) is 0 Å². The van der Waals surface area contributed by atoms with E-state index in [-0.39, 0.29) is 43.0 Å². The molecule has 0 radical (unpaired) electrons. The Hall–Kier alpha value is -0.570. The molecule has 0 spiro atoms. The van der Waals surface area contributed by atoms with Crippen molar-refractivity contribution >= 4 is 98.9 Å². The zero-order chi connectivity index (χ0) is 27.6. The maximum absolute atomic E-state index is 13.1. The van der Waals surface area contributed by atoms with E-state index in [4.69, 9.17) is 74.3 Å². The second kappa shape index (κ2) is 12.9. The van der Waals surface area contributed by atoms with Crippen molar-refractivity contribution in [3.63, 3.8) is 0 Å². The topological polar surface area (TPSA) is 67.4 Å². The number of hydrogen-bond acceptors (Lipinski definition) is 4. The van der Waals surface area contributed by atoms with Crippen LogP contribution in [0, 0.1) is 5.92 Å². The van der Waals surface area contributed by atoms with Crippen molar-refractivity contribution in [2.75, 3.05) is 17.7 Å². The lowest BCUT2D eigenvalue weighted by atomic mass is 10.1. The average molecular weight is 659 g/mol. The van der Waals surface area contributed by atoms with Gasteiger partial charge in [-0.05, 0) is 61.6 Å². The second-order valence-corrected chi connectivity index (χ2v) is 13.6. The van der Waals surface area contributed by atoms with Gasteiger partial charge in [-0.1, -0.05) is 53.3 Å². The number of amides is 2. The van der Waals surface area contributed by atoms with E-state index < -0.39 is 22.1 Å². The molecule has 1 aliphatic carbocycles. The van der Waals surface area contributed by atoms with E-state index in [1.165, 1.54) is 6.07 Å². The van der Waals surface area contributed by atoms with Crippen LogP contribution in [0.2, 0.25) is 20.1 Å². The Morgan fingerprint density at radius 2 is 1.79 bits per heavy atom. The van der Waals surface area contributed by atoms with Crippen LogP contribution < -0.4 is 10.6 Å². The zero-order valence-corrected chi connectivity index (χ0v) is 25.7. The molecule has 2 aromatic rings. The van der Waals surface area contributed by atoms with E-state index in [1.807, 2.05) is 6.92 Å². The van der Waals surface area contributed by atoms with Gasteiger partial charge in [-0.25, -0.2) is 0 Å². The maximum atomic E-state index is 13.1. The van der Waals surface area contributed by atoms with E-state index >= 15 is 0 Å². The summed E-state index contributed by atoms with van der Waals surface area (Å²) in [6, 6.07) is 7.86. The first-order valence-electron chi connectivity index (χ1n) is 12.2. The van der Waals surface area contributed by atoms with Crippen molar-refractivity contribution in [3.8, 4) is 0 Å². The summed E-state index contributed by atoms with van der Waals surface area (Å²) in [7, 11) is 0. The Bertz CT molecular complexity index is 1180. The molecule has 4 unspecified atom stereocenters. The van der Waals surface area contributed by atoms with Crippen LogP contribution in [0.5, 0.6) is 0 Å². The SMILES string of the molecule is CCC(CSC1CCCCO1)NC(=O)c1cc(NC(=O)C2C(c3cc(Cl)c(Cl)c(Cl)c3)C2(Cl)Cl)ccc1Cl. The Labute approximate surface area is 256 Å². The van der Waals surface area contributed by atoms with Crippen LogP contribution in [0.3, 0.4) is 0 Å². The first-order chi connectivity index (χ1) is 18.0. The van der Waals surface area contributed by atoms with Gasteiger partial charge in [0.15, 0.2) is 0 Å². The van der Waals surface area contributed by atoms with Crippen molar-refractivity contribution in [2.24, 2.45) is 5.92 Å². The molecule has 1 heterocycles. The van der Waals surface area contributed by atoms with Crippen molar-refractivity contribution in [1.29, 1.82) is 0 Å². The summed E-state index contributed by atoms with van der Waals surface area (Å²) in [6.45, 7) is 2.80. The van der Waals surface area contributed by atoms with Crippen molar-refractivity contribution < 1.29 is 14.3 Å². The summed E-state index contributed by atoms with van der Waals surface area (Å²) in [5, 5.41) is 6.82. The molecule has 5 nitrogen and oxygen atoms in total. The fourth-order valence-corrected chi connectivity index (χ4v) is 7.35. The van der Waals surface area contributed by atoms with Gasteiger partial charge in [-0.3, -0.25) is 9.59 Å². The molecule has 12 heteroatoms. The Morgan fingerprint density at radius 1 is 1.08 bits per heavy atom. The van der Waals surface area contributed by atoms with Crippen molar-refractivity contribution in [3.05, 3.63) is 61.5 Å². The molecule has 1 aliphatic heterocycles. The number of alkyl halides is 2. The number of rotatable bonds is 9. The number of hydrogen-bond donors (Lipinski definition) is 2. The first-order valence-corrected chi connectivity index (χ1v) is 15.5. The van der Waals surface area contributed by atoms with Crippen LogP contribution in [0.25, 0.3) is 0 Å². The van der Waals surface area contributed by atoms with E-state index in [2.05, 4.69) is 10.6 Å². The minimum atomic E-state index is -1.36. The number of halogens is 6. The molecule has 2 N–H and O–H groups in total. The number of carbonyl (C=O) groups excluding carboxylic acids is 2. The lowest BCUT2D eigenvalue weighted by Gasteiger charge is -2.24. The highest BCUT2D eigenvalue weighted by Gasteiger charge is 2.67. The van der Waals surface area contributed by atoms with Gasteiger partial charge in [0, 0.05) is 30.0 Å². The van der Waals surface area contributed by atoms with Crippen LogP contribution in [0.1, 0.15) is 54.4 Å². The molecule has 2 amide bonds. The fourth-order valence-electron chi connectivity index (χ4n) is 4.41. The van der Waals surface area contributed by atoms with Crippen LogP contribution in [-0.4, -0.2) is 40.0 Å². The van der Waals surface area contributed by atoms with Crippen LogP contribution >= 0.6 is 81.4 Å². The molecule has 1 saturated heterocycles. The number of thioether (sulfide) groups is 1. The fraction of sp³-hybridized carbons (Fsp3) is 0.462. The molecule has 206 valence electrons. The van der Waals surface area contributed by atoms with Gasteiger partial charge in [0.25, 0.3) is 5.91 Å². The highest BCUT2D eigenvalue weighted by molar-refractivity contribution is 7.99. The first kappa shape index (κ1) is 30.4. The molecular weight excluding hydrogens is 633 g/mol. The third-order valence-corrected chi connectivity index (χ3v) is 10.4. The molecule has 4 rings (SSSR count). The highest BCUT2D eigenvalue weighted by Crippen LogP contribution is 2.65. The molecule has 0 aromatic heterocycles. The number of carbonyl (C=O) groups is 2. The molecule has 2 aliphatic rings. The lowest BCUT2D eigenvalue weighted by Crippen LogP contribution is -2.37. The molecule has 2 fully saturated rings.